The molecule has 2 amide bonds. The molecule has 4 rings (SSSR count). The molecule has 2 atom stereocenters. The number of nitrogens with one attached hydrogen (secondary N) is 2. The van der Waals surface area contributed by atoms with Gasteiger partial charge in [-0.15, -0.1) is 23.2 Å². The van der Waals surface area contributed by atoms with E-state index in [1.165, 1.54) is 30.3 Å². The molecule has 2 aromatic rings. The van der Waals surface area contributed by atoms with Gasteiger partial charge in [0.25, 0.3) is 11.8 Å². The summed E-state index contributed by atoms with van der Waals surface area (Å²) in [6.45, 7) is 0. The van der Waals surface area contributed by atoms with Crippen molar-refractivity contribution in [2.75, 3.05) is 5.32 Å². The van der Waals surface area contributed by atoms with Crippen molar-refractivity contribution < 1.29 is 31.5 Å². The number of anilines is 1. The zero-order valence-corrected chi connectivity index (χ0v) is 19.3. The number of hydrogen-bond acceptors (Lipinski definition) is 2. The predicted molar refractivity (Wildman–Crippen MR) is 118 cm³/mol. The molecule has 182 valence electrons. The van der Waals surface area contributed by atoms with Crippen LogP contribution in [-0.2, 0) is 11.0 Å². The summed E-state index contributed by atoms with van der Waals surface area (Å²) in [5.74, 6) is -6.09. The Hall–Kier alpha value is -2.10. The number of hydrogen-bond donors (Lipinski definition) is 2. The van der Waals surface area contributed by atoms with Gasteiger partial charge in [-0.05, 0) is 29.8 Å². The van der Waals surface area contributed by atoms with Crippen molar-refractivity contribution in [2.45, 2.75) is 41.2 Å². The van der Waals surface area contributed by atoms with Gasteiger partial charge in [-0.2, -0.15) is 13.2 Å². The first-order chi connectivity index (χ1) is 15.7. The van der Waals surface area contributed by atoms with E-state index < -0.39 is 64.5 Å². The molecule has 2 saturated carbocycles. The van der Waals surface area contributed by atoms with Gasteiger partial charge in [-0.25, -0.2) is 8.78 Å². The van der Waals surface area contributed by atoms with E-state index in [0.717, 1.165) is 12.1 Å². The van der Waals surface area contributed by atoms with Crippen molar-refractivity contribution in [1.29, 1.82) is 0 Å². The molecule has 0 radical (unpaired) electrons. The highest BCUT2D eigenvalue weighted by Crippen LogP contribution is 2.65. The van der Waals surface area contributed by atoms with Crippen molar-refractivity contribution in [2.24, 2.45) is 5.92 Å². The first-order valence-electron chi connectivity index (χ1n) is 10.0. The maximum absolute atomic E-state index is 13.0. The van der Waals surface area contributed by atoms with Crippen LogP contribution in [0.2, 0.25) is 5.02 Å². The Labute approximate surface area is 205 Å². The third-order valence-electron chi connectivity index (χ3n) is 5.81. The van der Waals surface area contributed by atoms with E-state index in [9.17, 15) is 31.5 Å². The van der Waals surface area contributed by atoms with Gasteiger partial charge in [0.15, 0.2) is 0 Å². The fourth-order valence-corrected chi connectivity index (χ4v) is 5.03. The van der Waals surface area contributed by atoms with Crippen molar-refractivity contribution in [3.05, 3.63) is 64.2 Å². The van der Waals surface area contributed by atoms with Crippen molar-refractivity contribution >= 4 is 52.3 Å². The SMILES string of the molecule is O=C(NC1CC(F)(F)C1)c1cc(NC(=O)[C@H]2[C@H](c3cccc(C(F)(F)F)c3)C2(Cl)Cl)ccc1Cl. The Balaban J connectivity index is 1.47. The molecule has 2 N–H and O–H groups in total. The van der Waals surface area contributed by atoms with E-state index in [1.54, 1.807) is 0 Å². The first-order valence-corrected chi connectivity index (χ1v) is 11.2. The number of alkyl halides is 7. The number of rotatable bonds is 5. The van der Waals surface area contributed by atoms with Gasteiger partial charge >= 0.3 is 6.18 Å². The zero-order valence-electron chi connectivity index (χ0n) is 17.0. The van der Waals surface area contributed by atoms with Crippen LogP contribution in [0.5, 0.6) is 0 Å². The molecular weight excluding hydrogens is 526 g/mol. The van der Waals surface area contributed by atoms with Crippen molar-refractivity contribution in [3.63, 3.8) is 0 Å². The minimum atomic E-state index is -4.57. The molecule has 0 aromatic heterocycles. The Kier molecular flexibility index (Phi) is 6.28. The van der Waals surface area contributed by atoms with Crippen LogP contribution in [0.1, 0.15) is 40.2 Å². The fraction of sp³-hybridized carbons (Fsp3) is 0.364. The molecule has 2 aliphatic carbocycles. The maximum atomic E-state index is 13.0. The van der Waals surface area contributed by atoms with E-state index in [2.05, 4.69) is 10.6 Å². The zero-order chi connectivity index (χ0) is 25.1. The molecule has 2 aliphatic rings. The van der Waals surface area contributed by atoms with Crippen LogP contribution in [0.15, 0.2) is 42.5 Å². The Bertz CT molecular complexity index is 1150. The van der Waals surface area contributed by atoms with Crippen LogP contribution >= 0.6 is 34.8 Å². The number of halogens is 8. The minimum absolute atomic E-state index is 0.0390. The van der Waals surface area contributed by atoms with Gasteiger partial charge < -0.3 is 10.6 Å². The molecule has 2 aromatic carbocycles. The topological polar surface area (TPSA) is 58.2 Å². The molecule has 0 spiro atoms. The van der Waals surface area contributed by atoms with Crippen LogP contribution in [-0.4, -0.2) is 28.1 Å². The van der Waals surface area contributed by atoms with Crippen LogP contribution in [0.25, 0.3) is 0 Å². The highest BCUT2D eigenvalue weighted by molar-refractivity contribution is 6.53. The lowest BCUT2D eigenvalue weighted by Gasteiger charge is -2.35. The molecule has 0 unspecified atom stereocenters. The molecule has 0 bridgehead atoms. The Morgan fingerprint density at radius 3 is 2.32 bits per heavy atom. The van der Waals surface area contributed by atoms with E-state index in [-0.39, 0.29) is 21.8 Å². The summed E-state index contributed by atoms with van der Waals surface area (Å²) < 4.78 is 63.5. The first kappa shape index (κ1) is 25.0. The third kappa shape index (κ3) is 4.97. The molecule has 4 nitrogen and oxygen atoms in total. The second kappa shape index (κ2) is 8.53. The smallest absolute Gasteiger partial charge is 0.349 e. The second-order valence-corrected chi connectivity index (χ2v) is 10.2. The van der Waals surface area contributed by atoms with Gasteiger partial charge in [0.05, 0.1) is 22.1 Å². The largest absolute Gasteiger partial charge is 0.416 e. The van der Waals surface area contributed by atoms with Crippen LogP contribution in [0.3, 0.4) is 0 Å². The normalized spacial score (nSPS) is 23.1. The summed E-state index contributed by atoms with van der Waals surface area (Å²) in [7, 11) is 0. The number of amides is 2. The van der Waals surface area contributed by atoms with Gasteiger partial charge in [0.2, 0.25) is 5.91 Å². The predicted octanol–water partition coefficient (Wildman–Crippen LogP) is 6.41. The Morgan fingerprint density at radius 1 is 1.03 bits per heavy atom. The van der Waals surface area contributed by atoms with Gasteiger partial charge in [-0.1, -0.05) is 29.8 Å². The van der Waals surface area contributed by atoms with Gasteiger partial charge in [-0.3, -0.25) is 9.59 Å². The minimum Gasteiger partial charge on any atom is -0.349 e. The summed E-state index contributed by atoms with van der Waals surface area (Å²) in [5, 5.41) is 5.03. The highest BCUT2D eigenvalue weighted by Gasteiger charge is 2.67. The lowest BCUT2D eigenvalue weighted by atomic mass is 9.88. The Morgan fingerprint density at radius 2 is 1.71 bits per heavy atom. The number of carbonyl (C=O) groups excluding carboxylic acids is 2. The molecule has 12 heteroatoms. The monoisotopic (exact) mass is 540 g/mol. The summed E-state index contributed by atoms with van der Waals surface area (Å²) >= 11 is 18.5. The van der Waals surface area contributed by atoms with Gasteiger partial charge in [0, 0.05) is 30.5 Å². The molecular formula is C22H16Cl3F5N2O2. The molecule has 0 aliphatic heterocycles. The lowest BCUT2D eigenvalue weighted by molar-refractivity contribution is -0.137. The quantitative estimate of drug-likeness (QED) is 0.339. The van der Waals surface area contributed by atoms with E-state index >= 15 is 0 Å². The van der Waals surface area contributed by atoms with Crippen LogP contribution in [0.4, 0.5) is 27.6 Å². The standard InChI is InChI=1S/C22H16Cl3F5N2O2/c23-15-5-4-12(7-14(15)18(33)32-13-8-20(26,27)9-13)31-19(34)17-16(21(17,24)25)10-2-1-3-11(6-10)22(28,29)30/h1-7,13,16-17H,8-9H2,(H,31,34)(H,32,33)/t16-,17+/m0/s1. The van der Waals surface area contributed by atoms with Crippen molar-refractivity contribution in [1.82, 2.24) is 5.32 Å². The van der Waals surface area contributed by atoms with E-state index in [4.69, 9.17) is 34.8 Å². The molecule has 0 saturated heterocycles. The van der Waals surface area contributed by atoms with E-state index in [1.807, 2.05) is 0 Å². The summed E-state index contributed by atoms with van der Waals surface area (Å²) in [4.78, 5) is 25.2. The fourth-order valence-electron chi connectivity index (χ4n) is 4.00. The summed E-state index contributed by atoms with van der Waals surface area (Å²) in [6, 6.07) is 7.72. The van der Waals surface area contributed by atoms with Gasteiger partial charge in [0.1, 0.15) is 4.33 Å². The number of carbonyl (C=O) groups is 2. The number of benzene rings is 2. The molecule has 34 heavy (non-hydrogen) atoms. The second-order valence-electron chi connectivity index (χ2n) is 8.37. The van der Waals surface area contributed by atoms with E-state index in [0.29, 0.717) is 0 Å². The third-order valence-corrected chi connectivity index (χ3v) is 7.08. The summed E-state index contributed by atoms with van der Waals surface area (Å²) in [6.07, 6.45) is -5.52. The highest BCUT2D eigenvalue weighted by atomic mass is 35.5. The maximum Gasteiger partial charge on any atom is 0.416 e. The average molecular weight is 542 g/mol. The van der Waals surface area contributed by atoms with Crippen LogP contribution in [0, 0.1) is 5.92 Å². The molecule has 2 fully saturated rings. The van der Waals surface area contributed by atoms with Crippen molar-refractivity contribution in [3.8, 4) is 0 Å². The summed E-state index contributed by atoms with van der Waals surface area (Å²) in [5.41, 5.74) is -0.619. The lowest BCUT2D eigenvalue weighted by Crippen LogP contribution is -2.50. The molecule has 0 heterocycles. The van der Waals surface area contributed by atoms with Crippen LogP contribution < -0.4 is 10.6 Å². The average Bonchev–Trinajstić information content (AvgIpc) is 3.29.